The molecule has 112 valence electrons. The molecule has 0 aliphatic carbocycles. The van der Waals surface area contributed by atoms with Crippen LogP contribution in [0.5, 0.6) is 0 Å². The van der Waals surface area contributed by atoms with E-state index < -0.39 is 15.6 Å². The molecule has 3 N–H and O–H groups in total. The van der Waals surface area contributed by atoms with Gasteiger partial charge in [0.15, 0.2) is 5.82 Å². The van der Waals surface area contributed by atoms with Gasteiger partial charge in [-0.3, -0.25) is 0 Å². The van der Waals surface area contributed by atoms with Gasteiger partial charge >= 0.3 is 0 Å². The van der Waals surface area contributed by atoms with Gasteiger partial charge in [-0.15, -0.1) is 0 Å². The normalized spacial score (nSPS) is 19.8. The Bertz CT molecular complexity index is 606. The van der Waals surface area contributed by atoms with Crippen molar-refractivity contribution < 1.29 is 13.2 Å². The van der Waals surface area contributed by atoms with E-state index in [-0.39, 0.29) is 17.3 Å². The van der Waals surface area contributed by atoms with E-state index in [1.54, 1.807) is 0 Å². The van der Waals surface area contributed by atoms with E-state index in [0.29, 0.717) is 17.6 Å². The van der Waals surface area contributed by atoms with Gasteiger partial charge in [0.2, 0.25) is 10.0 Å². The number of rotatable bonds is 3. The van der Waals surface area contributed by atoms with Gasteiger partial charge in [-0.25, -0.2) is 19.2 Å². The van der Waals surface area contributed by atoms with E-state index in [1.165, 1.54) is 16.6 Å². The monoisotopic (exact) mass is 364 g/mol. The van der Waals surface area contributed by atoms with Crippen LogP contribution in [0.15, 0.2) is 21.6 Å². The van der Waals surface area contributed by atoms with Gasteiger partial charge < -0.3 is 10.2 Å². The van der Waals surface area contributed by atoms with Gasteiger partial charge in [0.05, 0.1) is 12.2 Å². The van der Waals surface area contributed by atoms with Crippen LogP contribution in [0.25, 0.3) is 0 Å². The zero-order chi connectivity index (χ0) is 15.0. The first-order valence-corrected chi connectivity index (χ1v) is 8.26. The van der Waals surface area contributed by atoms with E-state index in [9.17, 15) is 8.42 Å². The first-order valence-electron chi connectivity index (χ1n) is 6.02. The maximum Gasteiger partial charge on any atom is 0.247 e. The molecule has 1 aliphatic rings. The molecule has 1 aromatic rings. The molecule has 9 heteroatoms. The molecule has 0 atom stereocenters. The number of halogens is 1. The van der Waals surface area contributed by atoms with Gasteiger partial charge in [0, 0.05) is 23.8 Å². The van der Waals surface area contributed by atoms with Gasteiger partial charge in [0.1, 0.15) is 4.90 Å². The number of ether oxygens (including phenoxy) is 1. The minimum absolute atomic E-state index is 0.0482. The van der Waals surface area contributed by atoms with Crippen LogP contribution in [0.4, 0.5) is 5.82 Å². The van der Waals surface area contributed by atoms with Crippen molar-refractivity contribution in [2.24, 2.45) is 5.84 Å². The lowest BCUT2D eigenvalue weighted by atomic mass is 10.1. The van der Waals surface area contributed by atoms with Crippen molar-refractivity contribution in [3.63, 3.8) is 0 Å². The summed E-state index contributed by atoms with van der Waals surface area (Å²) in [5.41, 5.74) is 1.81. The number of anilines is 1. The third-order valence-electron chi connectivity index (χ3n) is 2.96. The molecule has 20 heavy (non-hydrogen) atoms. The minimum Gasteiger partial charge on any atom is -0.373 e. The number of pyridine rings is 1. The minimum atomic E-state index is -3.68. The number of nitrogen functional groups attached to an aromatic ring is 1. The van der Waals surface area contributed by atoms with Crippen LogP contribution in [0.3, 0.4) is 0 Å². The molecule has 0 saturated carbocycles. The zero-order valence-electron chi connectivity index (χ0n) is 11.3. The fourth-order valence-corrected chi connectivity index (χ4v) is 4.23. The van der Waals surface area contributed by atoms with Gasteiger partial charge in [0.25, 0.3) is 0 Å². The molecule has 0 aromatic carbocycles. The van der Waals surface area contributed by atoms with Gasteiger partial charge in [-0.1, -0.05) is 0 Å². The second-order valence-corrected chi connectivity index (χ2v) is 7.91. The Morgan fingerprint density at radius 1 is 1.55 bits per heavy atom. The zero-order valence-corrected chi connectivity index (χ0v) is 13.7. The molecule has 1 aliphatic heterocycles. The fourth-order valence-electron chi connectivity index (χ4n) is 2.04. The third kappa shape index (κ3) is 3.12. The van der Waals surface area contributed by atoms with Crippen molar-refractivity contribution in [1.29, 1.82) is 0 Å². The van der Waals surface area contributed by atoms with E-state index in [0.717, 1.165) is 0 Å². The summed E-state index contributed by atoms with van der Waals surface area (Å²) in [4.78, 5) is 4.02. The largest absolute Gasteiger partial charge is 0.373 e. The second-order valence-electron chi connectivity index (χ2n) is 5.09. The van der Waals surface area contributed by atoms with Crippen LogP contribution in [0, 0.1) is 0 Å². The Labute approximate surface area is 126 Å². The van der Waals surface area contributed by atoms with Crippen LogP contribution in [-0.4, -0.2) is 43.0 Å². The summed E-state index contributed by atoms with van der Waals surface area (Å²) in [6.45, 7) is 4.67. The highest BCUT2D eigenvalue weighted by atomic mass is 79.9. The Hall–Kier alpha value is -0.740. The second kappa shape index (κ2) is 5.57. The molecule has 0 unspecified atom stereocenters. The summed E-state index contributed by atoms with van der Waals surface area (Å²) >= 11 is 3.23. The van der Waals surface area contributed by atoms with Crippen LogP contribution in [-0.2, 0) is 14.8 Å². The Kier molecular flexibility index (Phi) is 4.35. The van der Waals surface area contributed by atoms with Crippen molar-refractivity contribution in [1.82, 2.24) is 9.29 Å². The molecule has 1 aromatic heterocycles. The predicted molar refractivity (Wildman–Crippen MR) is 78.5 cm³/mol. The van der Waals surface area contributed by atoms with Crippen LogP contribution < -0.4 is 11.3 Å². The molecule has 1 fully saturated rings. The highest BCUT2D eigenvalue weighted by Crippen LogP contribution is 2.28. The smallest absolute Gasteiger partial charge is 0.247 e. The van der Waals surface area contributed by atoms with Crippen molar-refractivity contribution in [3.05, 3.63) is 16.7 Å². The molecular weight excluding hydrogens is 348 g/mol. The predicted octanol–water partition coefficient (Wildman–Crippen LogP) is 0.929. The molecule has 0 amide bonds. The van der Waals surface area contributed by atoms with E-state index >= 15 is 0 Å². The van der Waals surface area contributed by atoms with Crippen LogP contribution in [0.1, 0.15) is 13.8 Å². The van der Waals surface area contributed by atoms with Crippen LogP contribution >= 0.6 is 15.9 Å². The Morgan fingerprint density at radius 3 is 2.85 bits per heavy atom. The highest BCUT2D eigenvalue weighted by molar-refractivity contribution is 9.10. The van der Waals surface area contributed by atoms with Gasteiger partial charge in [-0.05, 0) is 35.8 Å². The highest BCUT2D eigenvalue weighted by Gasteiger charge is 2.36. The maximum absolute atomic E-state index is 12.7. The number of sulfonamides is 1. The first-order chi connectivity index (χ1) is 9.26. The van der Waals surface area contributed by atoms with Crippen molar-refractivity contribution in [2.45, 2.75) is 24.3 Å². The Balaban J connectivity index is 2.42. The summed E-state index contributed by atoms with van der Waals surface area (Å²) in [6.07, 6.45) is 1.48. The van der Waals surface area contributed by atoms with E-state index in [2.05, 4.69) is 26.3 Å². The first kappa shape index (κ1) is 15.6. The molecule has 2 heterocycles. The lowest BCUT2D eigenvalue weighted by Gasteiger charge is -2.37. The fraction of sp³-hybridized carbons (Fsp3) is 0.545. The number of nitrogens with zero attached hydrogens (tertiary/aromatic N) is 2. The number of hydrazine groups is 1. The maximum atomic E-state index is 12.7. The van der Waals surface area contributed by atoms with Gasteiger partial charge in [-0.2, -0.15) is 4.31 Å². The van der Waals surface area contributed by atoms with Crippen molar-refractivity contribution in [2.75, 3.05) is 25.1 Å². The SMILES string of the molecule is CC1(C)CN(S(=O)(=O)c2cc(Br)cnc2NN)CCO1. The van der Waals surface area contributed by atoms with Crippen molar-refractivity contribution >= 4 is 31.8 Å². The molecule has 1 saturated heterocycles. The average molecular weight is 365 g/mol. The topological polar surface area (TPSA) is 97.6 Å². The standard InChI is InChI=1S/C11H17BrN4O3S/c1-11(2)7-16(3-4-19-11)20(17,18)9-5-8(12)6-14-10(9)15-13/h5-6H,3-4,7,13H2,1-2H3,(H,14,15). The number of nitrogens with one attached hydrogen (secondary N) is 1. The number of hydrogen-bond donors (Lipinski definition) is 2. The summed E-state index contributed by atoms with van der Waals surface area (Å²) in [7, 11) is -3.68. The number of morpholine rings is 1. The molecular formula is C11H17BrN4O3S. The molecule has 2 rings (SSSR count). The van der Waals surface area contributed by atoms with E-state index in [1.807, 2.05) is 13.8 Å². The summed E-state index contributed by atoms with van der Waals surface area (Å²) < 4.78 is 32.9. The number of nitrogens with two attached hydrogens (primary N) is 1. The average Bonchev–Trinajstić information content (AvgIpc) is 2.37. The molecule has 0 radical (unpaired) electrons. The summed E-state index contributed by atoms with van der Waals surface area (Å²) in [5.74, 6) is 5.47. The molecule has 7 nitrogen and oxygen atoms in total. The third-order valence-corrected chi connectivity index (χ3v) is 5.26. The molecule has 0 spiro atoms. The quantitative estimate of drug-likeness (QED) is 0.611. The summed E-state index contributed by atoms with van der Waals surface area (Å²) in [5, 5.41) is 0. The van der Waals surface area contributed by atoms with Crippen molar-refractivity contribution in [3.8, 4) is 0 Å². The van der Waals surface area contributed by atoms with E-state index in [4.69, 9.17) is 10.6 Å². The number of hydrogen-bond acceptors (Lipinski definition) is 6. The lowest BCUT2D eigenvalue weighted by Crippen LogP contribution is -2.50. The lowest BCUT2D eigenvalue weighted by molar-refractivity contribution is -0.0640. The molecule has 0 bridgehead atoms. The Morgan fingerprint density at radius 2 is 2.25 bits per heavy atom. The summed E-state index contributed by atoms with van der Waals surface area (Å²) in [6, 6.07) is 1.49. The number of aromatic nitrogens is 1. The van der Waals surface area contributed by atoms with Crippen LogP contribution in [0.2, 0.25) is 0 Å².